The van der Waals surface area contributed by atoms with Gasteiger partial charge in [0, 0.05) is 4.90 Å². The monoisotopic (exact) mass is 303 g/mol. The summed E-state index contributed by atoms with van der Waals surface area (Å²) < 4.78 is 5.43. The van der Waals surface area contributed by atoms with Crippen molar-refractivity contribution in [2.45, 2.75) is 43.4 Å². The van der Waals surface area contributed by atoms with Gasteiger partial charge in [-0.25, -0.2) is 0 Å². The molecule has 1 N–H and O–H groups in total. The SMILES string of the molecule is Cc1cccc(SCc2noc(C3CC(C)CCN3)n2)c1. The van der Waals surface area contributed by atoms with Crippen LogP contribution in [0.25, 0.3) is 0 Å². The minimum absolute atomic E-state index is 0.221. The summed E-state index contributed by atoms with van der Waals surface area (Å²) in [6.07, 6.45) is 2.30. The lowest BCUT2D eigenvalue weighted by molar-refractivity contribution is 0.259. The fourth-order valence-corrected chi connectivity index (χ4v) is 3.47. The first-order valence-corrected chi connectivity index (χ1v) is 8.44. The molecule has 2 unspecified atom stereocenters. The van der Waals surface area contributed by atoms with E-state index in [1.165, 1.54) is 16.9 Å². The number of hydrogen-bond donors (Lipinski definition) is 1. The molecule has 1 aromatic carbocycles. The fraction of sp³-hybridized carbons (Fsp3) is 0.500. The maximum absolute atomic E-state index is 5.43. The Kier molecular flexibility index (Phi) is 4.60. The Hall–Kier alpha value is -1.33. The molecule has 2 heterocycles. The van der Waals surface area contributed by atoms with Gasteiger partial charge in [0.2, 0.25) is 5.89 Å². The van der Waals surface area contributed by atoms with E-state index in [4.69, 9.17) is 4.52 Å². The molecule has 0 aliphatic carbocycles. The first kappa shape index (κ1) is 14.6. The molecule has 3 rings (SSSR count). The van der Waals surface area contributed by atoms with Crippen LogP contribution in [0, 0.1) is 12.8 Å². The maximum atomic E-state index is 5.43. The number of rotatable bonds is 4. The van der Waals surface area contributed by atoms with Gasteiger partial charge in [0.15, 0.2) is 5.82 Å². The molecule has 0 saturated carbocycles. The summed E-state index contributed by atoms with van der Waals surface area (Å²) >= 11 is 1.74. The molecule has 1 aliphatic rings. The Labute approximate surface area is 129 Å². The van der Waals surface area contributed by atoms with E-state index in [1.54, 1.807) is 11.8 Å². The molecule has 0 amide bonds. The summed E-state index contributed by atoms with van der Waals surface area (Å²) in [5, 5.41) is 7.56. The fourth-order valence-electron chi connectivity index (χ4n) is 2.62. The largest absolute Gasteiger partial charge is 0.338 e. The van der Waals surface area contributed by atoms with Crippen LogP contribution in [0.4, 0.5) is 0 Å². The molecule has 1 saturated heterocycles. The number of aryl methyl sites for hydroxylation is 1. The Morgan fingerprint density at radius 2 is 2.33 bits per heavy atom. The highest BCUT2D eigenvalue weighted by atomic mass is 32.2. The van der Waals surface area contributed by atoms with Crippen LogP contribution in [0.2, 0.25) is 0 Å². The number of piperidine rings is 1. The van der Waals surface area contributed by atoms with Gasteiger partial charge in [0.05, 0.1) is 11.8 Å². The molecule has 1 fully saturated rings. The lowest BCUT2D eigenvalue weighted by atomic mass is 9.94. The number of aromatic nitrogens is 2. The van der Waals surface area contributed by atoms with Gasteiger partial charge in [-0.1, -0.05) is 29.8 Å². The minimum atomic E-state index is 0.221. The van der Waals surface area contributed by atoms with Crippen LogP contribution in [0.15, 0.2) is 33.7 Å². The molecule has 0 radical (unpaired) electrons. The second-order valence-corrected chi connectivity index (χ2v) is 6.84. The third-order valence-corrected chi connectivity index (χ3v) is 4.80. The van der Waals surface area contributed by atoms with Crippen molar-refractivity contribution in [3.63, 3.8) is 0 Å². The summed E-state index contributed by atoms with van der Waals surface area (Å²) in [6.45, 7) is 5.41. The van der Waals surface area contributed by atoms with Crippen LogP contribution in [-0.2, 0) is 5.75 Å². The predicted molar refractivity (Wildman–Crippen MR) is 84.2 cm³/mol. The van der Waals surface area contributed by atoms with Crippen molar-refractivity contribution in [1.82, 2.24) is 15.5 Å². The van der Waals surface area contributed by atoms with Gasteiger partial charge in [-0.2, -0.15) is 4.98 Å². The van der Waals surface area contributed by atoms with Crippen LogP contribution in [-0.4, -0.2) is 16.7 Å². The molecular weight excluding hydrogens is 282 g/mol. The van der Waals surface area contributed by atoms with Crippen molar-refractivity contribution in [3.05, 3.63) is 41.5 Å². The standard InChI is InChI=1S/C16H21N3OS/c1-11-4-3-5-13(8-11)21-10-15-18-16(20-19-15)14-9-12(2)6-7-17-14/h3-5,8,12,14,17H,6-7,9-10H2,1-2H3. The summed E-state index contributed by atoms with van der Waals surface area (Å²) in [7, 11) is 0. The van der Waals surface area contributed by atoms with Crippen LogP contribution in [0.5, 0.6) is 0 Å². The average molecular weight is 303 g/mol. The van der Waals surface area contributed by atoms with Gasteiger partial charge >= 0.3 is 0 Å². The minimum Gasteiger partial charge on any atom is -0.338 e. The molecule has 2 aromatic rings. The van der Waals surface area contributed by atoms with Crippen LogP contribution in [0.3, 0.4) is 0 Å². The number of benzene rings is 1. The normalized spacial score (nSPS) is 22.4. The molecule has 0 spiro atoms. The third-order valence-electron chi connectivity index (χ3n) is 3.81. The van der Waals surface area contributed by atoms with Gasteiger partial charge in [-0.15, -0.1) is 11.8 Å². The molecule has 112 valence electrons. The summed E-state index contributed by atoms with van der Waals surface area (Å²) in [5.74, 6) is 2.97. The van der Waals surface area contributed by atoms with Crippen molar-refractivity contribution in [3.8, 4) is 0 Å². The summed E-state index contributed by atoms with van der Waals surface area (Å²) in [6, 6.07) is 8.69. The van der Waals surface area contributed by atoms with Gasteiger partial charge in [-0.05, 0) is 44.4 Å². The molecule has 2 atom stereocenters. The highest BCUT2D eigenvalue weighted by molar-refractivity contribution is 7.98. The molecule has 5 heteroatoms. The summed E-state index contributed by atoms with van der Waals surface area (Å²) in [4.78, 5) is 5.79. The quantitative estimate of drug-likeness (QED) is 0.872. The van der Waals surface area contributed by atoms with E-state index in [9.17, 15) is 0 Å². The number of hydrogen-bond acceptors (Lipinski definition) is 5. The van der Waals surface area contributed by atoms with Crippen molar-refractivity contribution >= 4 is 11.8 Å². The highest BCUT2D eigenvalue weighted by Crippen LogP contribution is 2.27. The zero-order valence-electron chi connectivity index (χ0n) is 12.5. The zero-order chi connectivity index (χ0) is 14.7. The molecular formula is C16H21N3OS. The van der Waals surface area contributed by atoms with Gasteiger partial charge in [0.1, 0.15) is 0 Å². The lowest BCUT2D eigenvalue weighted by Crippen LogP contribution is -2.30. The number of thioether (sulfide) groups is 1. The predicted octanol–water partition coefficient (Wildman–Crippen LogP) is 3.73. The Morgan fingerprint density at radius 1 is 1.43 bits per heavy atom. The van der Waals surface area contributed by atoms with E-state index < -0.39 is 0 Å². The van der Waals surface area contributed by atoms with Crippen molar-refractivity contribution in [1.29, 1.82) is 0 Å². The van der Waals surface area contributed by atoms with E-state index in [1.807, 2.05) is 0 Å². The topological polar surface area (TPSA) is 51.0 Å². The van der Waals surface area contributed by atoms with Gasteiger partial charge in [0.25, 0.3) is 0 Å². The average Bonchev–Trinajstić information content (AvgIpc) is 2.94. The second-order valence-electron chi connectivity index (χ2n) is 5.79. The van der Waals surface area contributed by atoms with Crippen LogP contribution >= 0.6 is 11.8 Å². The van der Waals surface area contributed by atoms with Crippen LogP contribution < -0.4 is 5.32 Å². The summed E-state index contributed by atoms with van der Waals surface area (Å²) in [5.41, 5.74) is 1.27. The first-order chi connectivity index (χ1) is 10.2. The lowest BCUT2D eigenvalue weighted by Gasteiger charge is -2.25. The maximum Gasteiger partial charge on any atom is 0.243 e. The second kappa shape index (κ2) is 6.62. The molecule has 1 aliphatic heterocycles. The molecule has 0 bridgehead atoms. The zero-order valence-corrected chi connectivity index (χ0v) is 13.3. The van der Waals surface area contributed by atoms with Gasteiger partial charge < -0.3 is 9.84 Å². The van der Waals surface area contributed by atoms with E-state index in [-0.39, 0.29) is 6.04 Å². The van der Waals surface area contributed by atoms with E-state index >= 15 is 0 Å². The Morgan fingerprint density at radius 3 is 3.14 bits per heavy atom. The molecule has 21 heavy (non-hydrogen) atoms. The van der Waals surface area contributed by atoms with Crippen molar-refractivity contribution < 1.29 is 4.52 Å². The van der Waals surface area contributed by atoms with E-state index in [0.717, 1.165) is 30.4 Å². The van der Waals surface area contributed by atoms with E-state index in [0.29, 0.717) is 5.92 Å². The Balaban J connectivity index is 1.60. The van der Waals surface area contributed by atoms with E-state index in [2.05, 4.69) is 53.6 Å². The number of nitrogens with one attached hydrogen (secondary N) is 1. The molecule has 1 aromatic heterocycles. The highest BCUT2D eigenvalue weighted by Gasteiger charge is 2.24. The third kappa shape index (κ3) is 3.86. The van der Waals surface area contributed by atoms with Crippen LogP contribution in [0.1, 0.15) is 43.1 Å². The number of nitrogens with zero attached hydrogens (tertiary/aromatic N) is 2. The molecule has 4 nitrogen and oxygen atoms in total. The first-order valence-electron chi connectivity index (χ1n) is 7.46. The smallest absolute Gasteiger partial charge is 0.243 e. The van der Waals surface area contributed by atoms with Crippen molar-refractivity contribution in [2.75, 3.05) is 6.54 Å². The van der Waals surface area contributed by atoms with Crippen molar-refractivity contribution in [2.24, 2.45) is 5.92 Å². The van der Waals surface area contributed by atoms with Gasteiger partial charge in [-0.3, -0.25) is 0 Å². The Bertz CT molecular complexity index is 599.